The monoisotopic (exact) mass is 557 g/mol. The Kier molecular flexibility index (Phi) is 8.09. The van der Waals surface area contributed by atoms with Gasteiger partial charge in [0, 0.05) is 21.2 Å². The Balaban J connectivity index is 1.29. The molecule has 5 rings (SSSR count). The molecule has 1 aliphatic heterocycles. The summed E-state index contributed by atoms with van der Waals surface area (Å²) >= 11 is 3.15. The van der Waals surface area contributed by atoms with Gasteiger partial charge in [0.2, 0.25) is 5.91 Å². The van der Waals surface area contributed by atoms with Gasteiger partial charge in [-0.05, 0) is 55.0 Å². The molecule has 0 fully saturated rings. The van der Waals surface area contributed by atoms with Crippen molar-refractivity contribution in [2.75, 3.05) is 15.5 Å². The highest BCUT2D eigenvalue weighted by Crippen LogP contribution is 2.43. The Hall–Kier alpha value is -3.95. The molecule has 0 bridgehead atoms. The van der Waals surface area contributed by atoms with E-state index < -0.39 is 11.2 Å². The molecule has 198 valence electrons. The van der Waals surface area contributed by atoms with E-state index in [1.165, 1.54) is 23.9 Å². The second kappa shape index (κ2) is 11.8. The van der Waals surface area contributed by atoms with Crippen LogP contribution in [0.5, 0.6) is 0 Å². The highest BCUT2D eigenvalue weighted by Gasteiger charge is 2.36. The van der Waals surface area contributed by atoms with Gasteiger partial charge in [-0.1, -0.05) is 55.5 Å². The number of nitrogens with one attached hydrogen (secondary N) is 2. The van der Waals surface area contributed by atoms with Crippen molar-refractivity contribution >= 4 is 58.5 Å². The van der Waals surface area contributed by atoms with E-state index in [4.69, 9.17) is 0 Å². The molecular formula is C30H27N3O4S2. The lowest BCUT2D eigenvalue weighted by molar-refractivity contribution is -0.115. The molecule has 7 nitrogen and oxygen atoms in total. The van der Waals surface area contributed by atoms with Gasteiger partial charge in [0.1, 0.15) is 0 Å². The van der Waals surface area contributed by atoms with Crippen molar-refractivity contribution in [2.45, 2.75) is 39.7 Å². The molecule has 3 unspecified atom stereocenters. The topological polar surface area (TPSA) is 98.7 Å². The van der Waals surface area contributed by atoms with Crippen molar-refractivity contribution in [3.8, 4) is 0 Å². The Morgan fingerprint density at radius 1 is 0.949 bits per heavy atom. The fourth-order valence-corrected chi connectivity index (χ4v) is 6.77. The molecule has 3 atom stereocenters. The van der Waals surface area contributed by atoms with Crippen LogP contribution in [0.15, 0.2) is 107 Å². The van der Waals surface area contributed by atoms with Crippen molar-refractivity contribution < 1.29 is 19.5 Å². The molecule has 3 N–H and O–H groups in total. The van der Waals surface area contributed by atoms with Gasteiger partial charge in [0.05, 0.1) is 27.8 Å². The summed E-state index contributed by atoms with van der Waals surface area (Å²) in [5, 5.41) is 14.8. The minimum atomic E-state index is -1.05. The number of anilines is 3. The number of carbonyl (C=O) groups excluding carboxylic acids is 2. The fourth-order valence-electron chi connectivity index (χ4n) is 4.49. The van der Waals surface area contributed by atoms with Gasteiger partial charge in [-0.2, -0.15) is 0 Å². The number of hydrogen-bond donors (Lipinski definition) is 3. The zero-order valence-corrected chi connectivity index (χ0v) is 22.7. The zero-order valence-electron chi connectivity index (χ0n) is 21.1. The molecule has 3 amide bonds. The molecule has 3 aromatic carbocycles. The smallest absolute Gasteiger partial charge is 0.335 e. The van der Waals surface area contributed by atoms with Gasteiger partial charge in [0.25, 0.3) is 0 Å². The minimum Gasteiger partial charge on any atom is -0.478 e. The second-order valence-electron chi connectivity index (χ2n) is 9.03. The maximum atomic E-state index is 13.6. The van der Waals surface area contributed by atoms with E-state index in [1.807, 2.05) is 72.5 Å². The summed E-state index contributed by atoms with van der Waals surface area (Å²) in [5.74, 6) is -1.27. The van der Waals surface area contributed by atoms with E-state index in [0.717, 1.165) is 15.5 Å². The number of para-hydroxylation sites is 1. The summed E-state index contributed by atoms with van der Waals surface area (Å²) in [6.07, 6.45) is 8.73. The van der Waals surface area contributed by atoms with E-state index in [-0.39, 0.29) is 28.8 Å². The number of aromatic carboxylic acids is 1. The van der Waals surface area contributed by atoms with E-state index in [9.17, 15) is 19.5 Å². The number of allylic oxidation sites excluding steroid dienone is 2. The maximum absolute atomic E-state index is 13.6. The van der Waals surface area contributed by atoms with E-state index in [0.29, 0.717) is 17.8 Å². The van der Waals surface area contributed by atoms with Gasteiger partial charge < -0.3 is 15.7 Å². The van der Waals surface area contributed by atoms with Gasteiger partial charge >= 0.3 is 12.0 Å². The highest BCUT2D eigenvalue weighted by atomic mass is 32.2. The average Bonchev–Trinajstić information content (AvgIpc) is 2.94. The lowest BCUT2D eigenvalue weighted by Gasteiger charge is -2.40. The number of urea groups is 1. The van der Waals surface area contributed by atoms with Crippen LogP contribution >= 0.6 is 23.5 Å². The molecule has 0 spiro atoms. The van der Waals surface area contributed by atoms with Crippen LogP contribution in [0, 0.1) is 0 Å². The summed E-state index contributed by atoms with van der Waals surface area (Å²) < 4.78 is 0. The molecule has 0 aromatic heterocycles. The van der Waals surface area contributed by atoms with Crippen LogP contribution in [0.1, 0.15) is 23.7 Å². The number of carbonyl (C=O) groups is 3. The normalized spacial score (nSPS) is 18.0. The Bertz CT molecular complexity index is 1470. The van der Waals surface area contributed by atoms with Crippen molar-refractivity contribution in [1.29, 1.82) is 0 Å². The van der Waals surface area contributed by atoms with Crippen LogP contribution in [0.25, 0.3) is 0 Å². The van der Waals surface area contributed by atoms with Crippen LogP contribution in [-0.4, -0.2) is 39.6 Å². The number of carboxylic acid groups (broad SMARTS) is 1. The first-order valence-electron chi connectivity index (χ1n) is 12.5. The number of carboxylic acids is 1. The van der Waals surface area contributed by atoms with Crippen LogP contribution in [0.3, 0.4) is 0 Å². The van der Waals surface area contributed by atoms with E-state index in [1.54, 1.807) is 23.9 Å². The van der Waals surface area contributed by atoms with Crippen molar-refractivity contribution in [3.63, 3.8) is 0 Å². The Labute approximate surface area is 235 Å². The zero-order chi connectivity index (χ0) is 27.4. The predicted molar refractivity (Wildman–Crippen MR) is 158 cm³/mol. The number of fused-ring (bicyclic) bond motifs is 2. The molecule has 0 radical (unpaired) electrons. The molecule has 0 saturated heterocycles. The molecular weight excluding hydrogens is 530 g/mol. The number of nitrogens with zero attached hydrogens (tertiary/aromatic N) is 1. The first-order chi connectivity index (χ1) is 18.9. The van der Waals surface area contributed by atoms with Crippen molar-refractivity contribution in [1.82, 2.24) is 0 Å². The molecule has 1 heterocycles. The standard InChI is InChI=1S/C30H27N3O4S2/c1-2-25(28(34)31-20-10-7-9-19(17-20)29(35)36)38-22-12-8-11-21(18-22)32-30(37)33-23-13-3-5-15-26(23)39-27-16-6-4-14-24(27)33/h3-18,23,25-26H,2H2,1H3,(H,31,34)(H,32,37)(H,35,36). The van der Waals surface area contributed by atoms with Crippen LogP contribution in [0.2, 0.25) is 0 Å². The number of benzene rings is 3. The summed E-state index contributed by atoms with van der Waals surface area (Å²) in [6.45, 7) is 1.92. The second-order valence-corrected chi connectivity index (χ2v) is 11.5. The number of thioether (sulfide) groups is 2. The highest BCUT2D eigenvalue weighted by molar-refractivity contribution is 8.00. The fraction of sp³-hybridized carbons (Fsp3) is 0.167. The number of rotatable bonds is 7. The first-order valence-corrected chi connectivity index (χ1v) is 14.3. The largest absolute Gasteiger partial charge is 0.478 e. The van der Waals surface area contributed by atoms with Crippen molar-refractivity contribution in [2.24, 2.45) is 0 Å². The van der Waals surface area contributed by atoms with Gasteiger partial charge in [0.15, 0.2) is 0 Å². The van der Waals surface area contributed by atoms with Crippen LogP contribution in [-0.2, 0) is 4.79 Å². The van der Waals surface area contributed by atoms with Crippen LogP contribution in [0.4, 0.5) is 21.9 Å². The first kappa shape index (κ1) is 26.6. The van der Waals surface area contributed by atoms with E-state index in [2.05, 4.69) is 22.8 Å². The summed E-state index contributed by atoms with van der Waals surface area (Å²) in [6, 6.07) is 21.2. The molecule has 39 heavy (non-hydrogen) atoms. The van der Waals surface area contributed by atoms with Crippen molar-refractivity contribution in [3.05, 3.63) is 103 Å². The summed E-state index contributed by atoms with van der Waals surface area (Å²) in [5.41, 5.74) is 2.06. The minimum absolute atomic E-state index is 0.0970. The Morgan fingerprint density at radius 2 is 1.69 bits per heavy atom. The third-order valence-corrected chi connectivity index (χ3v) is 9.03. The number of amides is 3. The number of hydrogen-bond acceptors (Lipinski definition) is 5. The third-order valence-electron chi connectivity index (χ3n) is 6.37. The molecule has 0 saturated carbocycles. The third kappa shape index (κ3) is 6.05. The average molecular weight is 558 g/mol. The van der Waals surface area contributed by atoms with E-state index >= 15 is 0 Å². The predicted octanol–water partition coefficient (Wildman–Crippen LogP) is 6.90. The molecule has 1 aliphatic carbocycles. The lowest BCUT2D eigenvalue weighted by Crippen LogP contribution is -2.49. The van der Waals surface area contributed by atoms with Crippen LogP contribution < -0.4 is 15.5 Å². The Morgan fingerprint density at radius 3 is 2.49 bits per heavy atom. The molecule has 9 heteroatoms. The van der Waals surface area contributed by atoms with Gasteiger partial charge in [-0.25, -0.2) is 9.59 Å². The summed E-state index contributed by atoms with van der Waals surface area (Å²) in [4.78, 5) is 41.5. The maximum Gasteiger partial charge on any atom is 0.335 e. The quantitative estimate of drug-likeness (QED) is 0.273. The molecule has 2 aliphatic rings. The molecule has 3 aromatic rings. The SMILES string of the molecule is CCC(Sc1cccc(NC(=O)N2c3ccccc3SC3C=CC=CC32)c1)C(=O)Nc1cccc(C(=O)O)c1. The van der Waals surface area contributed by atoms with Gasteiger partial charge in [-0.15, -0.1) is 23.5 Å². The van der Waals surface area contributed by atoms with Gasteiger partial charge in [-0.3, -0.25) is 9.69 Å². The lowest BCUT2D eigenvalue weighted by atomic mass is 10.1. The summed E-state index contributed by atoms with van der Waals surface area (Å²) in [7, 11) is 0.